The fourth-order valence-electron chi connectivity index (χ4n) is 1.69. The molecule has 1 aliphatic heterocycles. The van der Waals surface area contributed by atoms with Crippen LogP contribution in [-0.2, 0) is 0 Å². The Labute approximate surface area is 86.3 Å². The summed E-state index contributed by atoms with van der Waals surface area (Å²) in [4.78, 5) is 0. The van der Waals surface area contributed by atoms with Gasteiger partial charge in [0, 0.05) is 0 Å². The Morgan fingerprint density at radius 3 is 2.27 bits per heavy atom. The highest BCUT2D eigenvalue weighted by Gasteiger charge is 2.59. The average Bonchev–Trinajstić information content (AvgIpc) is 2.85. The molecule has 0 bridgehead atoms. The SMILES string of the molecule is CC(C)C1=C(F)N(C2(C(F)F)CC2)NN1. The van der Waals surface area contributed by atoms with E-state index in [1.807, 2.05) is 0 Å². The van der Waals surface area contributed by atoms with Crippen molar-refractivity contribution in [2.75, 3.05) is 0 Å². The molecule has 0 aromatic rings. The number of nitrogens with zero attached hydrogens (tertiary/aromatic N) is 1. The molecular weight excluding hydrogens is 207 g/mol. The lowest BCUT2D eigenvalue weighted by molar-refractivity contribution is -0.00954. The predicted octanol–water partition coefficient (Wildman–Crippen LogP) is 1.90. The van der Waals surface area contributed by atoms with Crippen molar-refractivity contribution < 1.29 is 13.2 Å². The number of alkyl halides is 2. The zero-order chi connectivity index (χ0) is 11.2. The second kappa shape index (κ2) is 3.30. The second-order valence-electron chi connectivity index (χ2n) is 4.34. The Kier molecular flexibility index (Phi) is 2.33. The number of allylic oxidation sites excluding steroid dienone is 1. The first-order valence-corrected chi connectivity index (χ1v) is 4.99. The van der Waals surface area contributed by atoms with Gasteiger partial charge >= 0.3 is 0 Å². The number of nitrogens with one attached hydrogen (secondary N) is 2. The molecule has 1 saturated carbocycles. The molecule has 3 nitrogen and oxygen atoms in total. The summed E-state index contributed by atoms with van der Waals surface area (Å²) in [5.41, 5.74) is 4.08. The van der Waals surface area contributed by atoms with E-state index >= 15 is 0 Å². The van der Waals surface area contributed by atoms with Gasteiger partial charge in [0.15, 0.2) is 0 Å². The number of hydrogen-bond donors (Lipinski definition) is 2. The second-order valence-corrected chi connectivity index (χ2v) is 4.34. The quantitative estimate of drug-likeness (QED) is 0.713. The molecule has 0 amide bonds. The van der Waals surface area contributed by atoms with Crippen molar-refractivity contribution in [1.82, 2.24) is 16.0 Å². The van der Waals surface area contributed by atoms with Crippen molar-refractivity contribution in [3.63, 3.8) is 0 Å². The lowest BCUT2D eigenvalue weighted by Gasteiger charge is -2.26. The summed E-state index contributed by atoms with van der Waals surface area (Å²) in [6.07, 6.45) is -1.90. The van der Waals surface area contributed by atoms with Gasteiger partial charge in [0.2, 0.25) is 5.95 Å². The molecule has 0 radical (unpaired) electrons. The van der Waals surface area contributed by atoms with E-state index in [0.717, 1.165) is 5.01 Å². The van der Waals surface area contributed by atoms with Crippen LogP contribution in [0.15, 0.2) is 11.6 Å². The zero-order valence-electron chi connectivity index (χ0n) is 8.65. The summed E-state index contributed by atoms with van der Waals surface area (Å²) >= 11 is 0. The predicted molar refractivity (Wildman–Crippen MR) is 49.1 cm³/mol. The van der Waals surface area contributed by atoms with Gasteiger partial charge < -0.3 is 5.43 Å². The van der Waals surface area contributed by atoms with Crippen molar-refractivity contribution in [2.45, 2.75) is 38.7 Å². The van der Waals surface area contributed by atoms with Gasteiger partial charge in [0.25, 0.3) is 6.43 Å². The van der Waals surface area contributed by atoms with Crippen LogP contribution in [0.25, 0.3) is 0 Å². The summed E-state index contributed by atoms with van der Waals surface area (Å²) in [5.74, 6) is -0.668. The highest BCUT2D eigenvalue weighted by Crippen LogP contribution is 2.48. The maximum atomic E-state index is 13.7. The van der Waals surface area contributed by atoms with Crippen molar-refractivity contribution in [2.24, 2.45) is 5.92 Å². The number of hydrazine groups is 2. The van der Waals surface area contributed by atoms with E-state index in [2.05, 4.69) is 11.0 Å². The van der Waals surface area contributed by atoms with E-state index in [4.69, 9.17) is 0 Å². The highest BCUT2D eigenvalue weighted by molar-refractivity contribution is 5.18. The Balaban J connectivity index is 2.20. The third-order valence-corrected chi connectivity index (χ3v) is 2.91. The molecule has 0 unspecified atom stereocenters. The van der Waals surface area contributed by atoms with Crippen molar-refractivity contribution in [1.29, 1.82) is 0 Å². The monoisotopic (exact) mass is 221 g/mol. The molecule has 1 heterocycles. The first-order chi connectivity index (χ1) is 6.99. The van der Waals surface area contributed by atoms with Gasteiger partial charge in [0.1, 0.15) is 5.54 Å². The Morgan fingerprint density at radius 1 is 1.33 bits per heavy atom. The topological polar surface area (TPSA) is 27.3 Å². The average molecular weight is 221 g/mol. The smallest absolute Gasteiger partial charge is 0.263 e. The molecule has 15 heavy (non-hydrogen) atoms. The van der Waals surface area contributed by atoms with Crippen molar-refractivity contribution in [3.8, 4) is 0 Å². The largest absolute Gasteiger partial charge is 0.303 e. The molecule has 0 aromatic carbocycles. The minimum Gasteiger partial charge on any atom is -0.303 e. The van der Waals surface area contributed by atoms with Crippen LogP contribution in [0, 0.1) is 5.92 Å². The molecule has 0 spiro atoms. The van der Waals surface area contributed by atoms with E-state index < -0.39 is 17.9 Å². The lowest BCUT2D eigenvalue weighted by atomic mass is 10.1. The van der Waals surface area contributed by atoms with Crippen molar-refractivity contribution in [3.05, 3.63) is 11.6 Å². The summed E-state index contributed by atoms with van der Waals surface area (Å²) in [5, 5.41) is 0.938. The van der Waals surface area contributed by atoms with E-state index in [9.17, 15) is 13.2 Å². The van der Waals surface area contributed by atoms with Crippen molar-refractivity contribution >= 4 is 0 Å². The Hall–Kier alpha value is -0.910. The first kappa shape index (κ1) is 10.6. The minimum atomic E-state index is -2.54. The van der Waals surface area contributed by atoms with E-state index in [-0.39, 0.29) is 5.92 Å². The van der Waals surface area contributed by atoms with E-state index in [1.54, 1.807) is 13.8 Å². The maximum absolute atomic E-state index is 13.7. The maximum Gasteiger partial charge on any atom is 0.263 e. The fraction of sp³-hybridized carbons (Fsp3) is 0.778. The number of hydrogen-bond acceptors (Lipinski definition) is 3. The molecule has 2 N–H and O–H groups in total. The molecule has 0 atom stereocenters. The summed E-state index contributed by atoms with van der Waals surface area (Å²) in [6, 6.07) is 0. The summed E-state index contributed by atoms with van der Waals surface area (Å²) in [6.45, 7) is 3.60. The molecule has 2 rings (SSSR count). The molecule has 86 valence electrons. The van der Waals surface area contributed by atoms with Gasteiger partial charge in [-0.1, -0.05) is 13.8 Å². The fourth-order valence-corrected chi connectivity index (χ4v) is 1.69. The van der Waals surface area contributed by atoms with Crippen LogP contribution >= 0.6 is 0 Å². The third-order valence-electron chi connectivity index (χ3n) is 2.91. The van der Waals surface area contributed by atoms with Gasteiger partial charge in [-0.25, -0.2) is 8.78 Å². The molecule has 1 aliphatic carbocycles. The van der Waals surface area contributed by atoms with E-state index in [0.29, 0.717) is 18.5 Å². The van der Waals surface area contributed by atoms with Crippen LogP contribution in [0.5, 0.6) is 0 Å². The zero-order valence-corrected chi connectivity index (χ0v) is 8.65. The van der Waals surface area contributed by atoms with Gasteiger partial charge in [0.05, 0.1) is 5.70 Å². The van der Waals surface area contributed by atoms with Gasteiger partial charge in [-0.05, 0) is 18.8 Å². The van der Waals surface area contributed by atoms with Crippen LogP contribution in [0.4, 0.5) is 13.2 Å². The van der Waals surface area contributed by atoms with Gasteiger partial charge in [-0.15, -0.1) is 5.53 Å². The van der Waals surface area contributed by atoms with Gasteiger partial charge in [-0.2, -0.15) is 4.39 Å². The van der Waals surface area contributed by atoms with Crippen LogP contribution in [-0.4, -0.2) is 17.0 Å². The van der Waals surface area contributed by atoms with Crippen LogP contribution in [0.2, 0.25) is 0 Å². The summed E-state index contributed by atoms with van der Waals surface area (Å²) < 4.78 is 39.2. The Bertz CT molecular complexity index is 297. The number of halogens is 3. The van der Waals surface area contributed by atoms with Crippen LogP contribution in [0.1, 0.15) is 26.7 Å². The third kappa shape index (κ3) is 1.47. The molecule has 0 saturated heterocycles. The number of rotatable bonds is 3. The molecule has 2 aliphatic rings. The standard InChI is InChI=1S/C9H14F3N3/c1-5(2)6-7(10)15(14-13-6)9(3-4-9)8(11)12/h5,8,13-14H,3-4H2,1-2H3. The minimum absolute atomic E-state index is 0.0593. The first-order valence-electron chi connectivity index (χ1n) is 4.99. The van der Waals surface area contributed by atoms with Gasteiger partial charge in [-0.3, -0.25) is 5.01 Å². The normalized spacial score (nSPS) is 24.1. The Morgan fingerprint density at radius 2 is 1.93 bits per heavy atom. The van der Waals surface area contributed by atoms with Crippen LogP contribution < -0.4 is 11.0 Å². The molecule has 0 aromatic heterocycles. The molecular formula is C9H14F3N3. The highest BCUT2D eigenvalue weighted by atomic mass is 19.3. The molecule has 6 heteroatoms. The van der Waals surface area contributed by atoms with E-state index in [1.165, 1.54) is 0 Å². The lowest BCUT2D eigenvalue weighted by Crippen LogP contribution is -2.49. The van der Waals surface area contributed by atoms with Crippen LogP contribution in [0.3, 0.4) is 0 Å². The molecule has 1 fully saturated rings. The summed E-state index contributed by atoms with van der Waals surface area (Å²) in [7, 11) is 0.